The summed E-state index contributed by atoms with van der Waals surface area (Å²) in [5.74, 6) is -3.47. The van der Waals surface area contributed by atoms with Crippen molar-refractivity contribution in [1.29, 1.82) is 0 Å². The zero-order valence-corrected chi connectivity index (χ0v) is 18.4. The number of hydrogen-bond acceptors (Lipinski definition) is 7. The minimum Gasteiger partial charge on any atom is -0.446 e. The van der Waals surface area contributed by atoms with Crippen molar-refractivity contribution in [3.05, 3.63) is 47.9 Å². The number of amides is 1. The lowest BCUT2D eigenvalue weighted by atomic mass is 9.88. The molecular weight excluding hydrogens is 441 g/mol. The molecule has 1 amide bonds. The van der Waals surface area contributed by atoms with Gasteiger partial charge in [0, 0.05) is 31.7 Å². The standard InChI is InChI=1S/C21H24FN3O6S/c1-12(2)19(25-32(29,30)16-5-3-14(22)4-6-16)17(26)9-13-10-18-24-11-15(31-18)7-8-23-21(28)20(13)27/h3-6,11-13,19,25H,7-10H2,1-2H3,(H,23,28). The highest BCUT2D eigenvalue weighted by atomic mass is 32.2. The van der Waals surface area contributed by atoms with Crippen molar-refractivity contribution in [3.63, 3.8) is 0 Å². The smallest absolute Gasteiger partial charge is 0.287 e. The van der Waals surface area contributed by atoms with Crippen LogP contribution in [0.4, 0.5) is 4.39 Å². The Bertz CT molecular complexity index is 1110. The summed E-state index contributed by atoms with van der Waals surface area (Å²) in [5, 5.41) is 2.49. The van der Waals surface area contributed by atoms with Crippen LogP contribution in [0.15, 0.2) is 39.8 Å². The highest BCUT2D eigenvalue weighted by molar-refractivity contribution is 7.89. The van der Waals surface area contributed by atoms with E-state index in [-0.39, 0.29) is 30.2 Å². The van der Waals surface area contributed by atoms with Crippen LogP contribution in [0, 0.1) is 17.7 Å². The highest BCUT2D eigenvalue weighted by Gasteiger charge is 2.35. The van der Waals surface area contributed by atoms with E-state index in [1.165, 1.54) is 6.20 Å². The van der Waals surface area contributed by atoms with Crippen LogP contribution >= 0.6 is 0 Å². The van der Waals surface area contributed by atoms with E-state index in [9.17, 15) is 27.2 Å². The molecule has 172 valence electrons. The summed E-state index contributed by atoms with van der Waals surface area (Å²) in [6, 6.07) is 3.03. The maximum Gasteiger partial charge on any atom is 0.287 e. The fraction of sp³-hybridized carbons (Fsp3) is 0.429. The lowest BCUT2D eigenvalue weighted by Crippen LogP contribution is -2.46. The number of benzene rings is 1. The van der Waals surface area contributed by atoms with Gasteiger partial charge in [-0.2, -0.15) is 0 Å². The van der Waals surface area contributed by atoms with Gasteiger partial charge in [0.25, 0.3) is 5.91 Å². The second-order valence-electron chi connectivity index (χ2n) is 7.96. The minimum absolute atomic E-state index is 0.0620. The predicted molar refractivity (Wildman–Crippen MR) is 110 cm³/mol. The second kappa shape index (κ2) is 9.70. The molecular formula is C21H24FN3O6S. The van der Waals surface area contributed by atoms with E-state index >= 15 is 0 Å². The SMILES string of the molecule is CC(C)C(NS(=O)(=O)c1ccc(F)cc1)C(=O)CC1Cc2ncc(o2)CCNC(=O)C1=O. The molecule has 2 N–H and O–H groups in total. The topological polar surface area (TPSA) is 135 Å². The maximum atomic E-state index is 13.1. The number of oxazole rings is 1. The molecule has 0 spiro atoms. The Kier molecular flexibility index (Phi) is 7.19. The summed E-state index contributed by atoms with van der Waals surface area (Å²) in [6.45, 7) is 3.49. The first-order valence-electron chi connectivity index (χ1n) is 10.1. The van der Waals surface area contributed by atoms with Gasteiger partial charge < -0.3 is 9.73 Å². The third-order valence-electron chi connectivity index (χ3n) is 5.14. The molecule has 9 nitrogen and oxygen atoms in total. The van der Waals surface area contributed by atoms with Gasteiger partial charge in [0.2, 0.25) is 15.8 Å². The maximum absolute atomic E-state index is 13.1. The summed E-state index contributed by atoms with van der Waals surface area (Å²) >= 11 is 0. The third kappa shape index (κ3) is 5.65. The molecule has 32 heavy (non-hydrogen) atoms. The fourth-order valence-electron chi connectivity index (χ4n) is 3.39. The first kappa shape index (κ1) is 23.7. The molecule has 2 heterocycles. The minimum atomic E-state index is -4.12. The number of ketones is 2. The molecule has 1 aliphatic heterocycles. The molecule has 2 aromatic rings. The number of nitrogens with one attached hydrogen (secondary N) is 2. The number of hydrogen-bond donors (Lipinski definition) is 2. The van der Waals surface area contributed by atoms with E-state index in [0.717, 1.165) is 24.3 Å². The molecule has 2 bridgehead atoms. The lowest BCUT2D eigenvalue weighted by molar-refractivity contribution is -0.141. The average molecular weight is 466 g/mol. The predicted octanol–water partition coefficient (Wildman–Crippen LogP) is 1.18. The number of carbonyl (C=O) groups excluding carboxylic acids is 3. The first-order valence-corrected chi connectivity index (χ1v) is 11.6. The van der Waals surface area contributed by atoms with Crippen LogP contribution in [-0.2, 0) is 37.2 Å². The molecule has 0 radical (unpaired) electrons. The van der Waals surface area contributed by atoms with Crippen molar-refractivity contribution in [2.24, 2.45) is 11.8 Å². The Morgan fingerprint density at radius 1 is 1.28 bits per heavy atom. The number of aromatic nitrogens is 1. The van der Waals surface area contributed by atoms with Crippen molar-refractivity contribution >= 4 is 27.5 Å². The molecule has 0 aliphatic carbocycles. The lowest BCUT2D eigenvalue weighted by Gasteiger charge is -2.23. The van der Waals surface area contributed by atoms with Crippen LogP contribution in [0.25, 0.3) is 0 Å². The fourth-order valence-corrected chi connectivity index (χ4v) is 4.76. The molecule has 1 aromatic heterocycles. The van der Waals surface area contributed by atoms with E-state index in [2.05, 4.69) is 15.0 Å². The summed E-state index contributed by atoms with van der Waals surface area (Å²) < 4.78 is 46.4. The molecule has 2 unspecified atom stereocenters. The van der Waals surface area contributed by atoms with Gasteiger partial charge in [0.15, 0.2) is 11.7 Å². The van der Waals surface area contributed by atoms with E-state index in [1.807, 2.05) is 0 Å². The number of carbonyl (C=O) groups is 3. The molecule has 1 aromatic carbocycles. The Labute approximate surface area is 184 Å². The number of halogens is 1. The van der Waals surface area contributed by atoms with Gasteiger partial charge in [-0.05, 0) is 30.2 Å². The van der Waals surface area contributed by atoms with Crippen LogP contribution in [0.2, 0.25) is 0 Å². The zero-order chi connectivity index (χ0) is 23.5. The van der Waals surface area contributed by atoms with E-state index in [0.29, 0.717) is 12.2 Å². The largest absolute Gasteiger partial charge is 0.446 e. The van der Waals surface area contributed by atoms with Gasteiger partial charge in [-0.1, -0.05) is 13.8 Å². The summed E-state index contributed by atoms with van der Waals surface area (Å²) in [6.07, 6.45) is 1.45. The number of Topliss-reactive ketones (excluding diaryl/α,β-unsaturated/α-hetero) is 2. The number of nitrogens with zero attached hydrogens (tertiary/aromatic N) is 1. The normalized spacial score (nSPS) is 18.3. The summed E-state index contributed by atoms with van der Waals surface area (Å²) in [4.78, 5) is 41.8. The monoisotopic (exact) mass is 465 g/mol. The van der Waals surface area contributed by atoms with Crippen molar-refractivity contribution in [3.8, 4) is 0 Å². The van der Waals surface area contributed by atoms with Crippen molar-refractivity contribution in [2.45, 2.75) is 44.0 Å². The van der Waals surface area contributed by atoms with Gasteiger partial charge in [0.05, 0.1) is 17.1 Å². The summed E-state index contributed by atoms with van der Waals surface area (Å²) in [7, 11) is -4.12. The Hall–Kier alpha value is -2.92. The first-order chi connectivity index (χ1) is 15.1. The van der Waals surface area contributed by atoms with Gasteiger partial charge in [-0.15, -0.1) is 0 Å². The van der Waals surface area contributed by atoms with Gasteiger partial charge in [0.1, 0.15) is 11.6 Å². The second-order valence-corrected chi connectivity index (χ2v) is 9.67. The number of sulfonamides is 1. The Balaban J connectivity index is 1.81. The van der Waals surface area contributed by atoms with Gasteiger partial charge in [-0.25, -0.2) is 22.5 Å². The van der Waals surface area contributed by atoms with E-state index < -0.39 is 51.2 Å². The molecule has 0 saturated carbocycles. The quantitative estimate of drug-likeness (QED) is 0.586. The van der Waals surface area contributed by atoms with Gasteiger partial charge >= 0.3 is 0 Å². The number of rotatable bonds is 7. The van der Waals surface area contributed by atoms with Crippen molar-refractivity contribution < 1.29 is 31.6 Å². The molecule has 0 saturated heterocycles. The van der Waals surface area contributed by atoms with Crippen molar-refractivity contribution in [1.82, 2.24) is 15.0 Å². The molecule has 11 heteroatoms. The van der Waals surface area contributed by atoms with Crippen LogP contribution in [0.1, 0.15) is 31.9 Å². The molecule has 3 rings (SSSR count). The molecule has 0 fully saturated rings. The van der Waals surface area contributed by atoms with Crippen LogP contribution in [0.5, 0.6) is 0 Å². The molecule has 2 atom stereocenters. The zero-order valence-electron chi connectivity index (χ0n) is 17.6. The van der Waals surface area contributed by atoms with Crippen molar-refractivity contribution in [2.75, 3.05) is 6.54 Å². The number of fused-ring (bicyclic) bond motifs is 2. The Morgan fingerprint density at radius 3 is 2.62 bits per heavy atom. The van der Waals surface area contributed by atoms with Crippen LogP contribution < -0.4 is 10.0 Å². The molecule has 1 aliphatic rings. The van der Waals surface area contributed by atoms with Gasteiger partial charge in [-0.3, -0.25) is 14.4 Å². The van der Waals surface area contributed by atoms with E-state index in [1.54, 1.807) is 13.8 Å². The van der Waals surface area contributed by atoms with E-state index in [4.69, 9.17) is 4.42 Å². The average Bonchev–Trinajstić information content (AvgIpc) is 3.17. The highest BCUT2D eigenvalue weighted by Crippen LogP contribution is 2.20. The third-order valence-corrected chi connectivity index (χ3v) is 6.60. The Morgan fingerprint density at radius 2 is 1.97 bits per heavy atom. The summed E-state index contributed by atoms with van der Waals surface area (Å²) in [5.41, 5.74) is 0. The van der Waals surface area contributed by atoms with Crippen LogP contribution in [0.3, 0.4) is 0 Å². The van der Waals surface area contributed by atoms with Crippen LogP contribution in [-0.4, -0.2) is 43.5 Å².